The van der Waals surface area contributed by atoms with Crippen molar-refractivity contribution in [2.75, 3.05) is 0 Å². The normalized spacial score (nSPS) is 27.2. The highest BCUT2D eigenvalue weighted by molar-refractivity contribution is 9.10. The van der Waals surface area contributed by atoms with Crippen LogP contribution in [0.15, 0.2) is 22.7 Å². The van der Waals surface area contributed by atoms with Crippen LogP contribution in [-0.2, 0) is 0 Å². The Morgan fingerprint density at radius 2 is 2.08 bits per heavy atom. The van der Waals surface area contributed by atoms with E-state index in [1.54, 1.807) is 6.07 Å². The molecule has 0 spiro atoms. The fourth-order valence-corrected chi connectivity index (χ4v) is 1.87. The molecule has 12 heavy (non-hydrogen) atoms. The molecule has 2 rings (SSSR count). The Morgan fingerprint density at radius 3 is 2.58 bits per heavy atom. The van der Waals surface area contributed by atoms with Gasteiger partial charge in [-0.25, -0.2) is 4.39 Å². The Kier molecular flexibility index (Phi) is 1.93. The van der Waals surface area contributed by atoms with E-state index in [9.17, 15) is 4.39 Å². The summed E-state index contributed by atoms with van der Waals surface area (Å²) in [6.45, 7) is 0. The highest BCUT2D eigenvalue weighted by Crippen LogP contribution is 2.39. The van der Waals surface area contributed by atoms with Gasteiger partial charge in [0.1, 0.15) is 5.82 Å². The molecule has 3 heteroatoms. The second-order valence-electron chi connectivity index (χ2n) is 3.21. The lowest BCUT2D eigenvalue weighted by Crippen LogP contribution is -2.01. The Bertz CT molecular complexity index is 293. The summed E-state index contributed by atoms with van der Waals surface area (Å²) in [5, 5.41) is 0. The lowest BCUT2D eigenvalue weighted by atomic mass is 10.1. The van der Waals surface area contributed by atoms with Gasteiger partial charge >= 0.3 is 0 Å². The van der Waals surface area contributed by atoms with Gasteiger partial charge in [-0.3, -0.25) is 0 Å². The largest absolute Gasteiger partial charge is 0.327 e. The topological polar surface area (TPSA) is 26.0 Å². The molecule has 64 valence electrons. The smallest absolute Gasteiger partial charge is 0.124 e. The zero-order chi connectivity index (χ0) is 8.72. The van der Waals surface area contributed by atoms with Gasteiger partial charge in [0.25, 0.3) is 0 Å². The zero-order valence-electron chi connectivity index (χ0n) is 6.43. The number of halogens is 2. The molecule has 0 radical (unpaired) electrons. The van der Waals surface area contributed by atoms with Crippen LogP contribution in [-0.4, -0.2) is 6.04 Å². The molecule has 1 saturated carbocycles. The quantitative estimate of drug-likeness (QED) is 0.787. The summed E-state index contributed by atoms with van der Waals surface area (Å²) in [7, 11) is 0. The Labute approximate surface area is 78.9 Å². The van der Waals surface area contributed by atoms with E-state index < -0.39 is 0 Å². The fourth-order valence-electron chi connectivity index (χ4n) is 1.39. The summed E-state index contributed by atoms with van der Waals surface area (Å²) in [6, 6.07) is 5.18. The lowest BCUT2D eigenvalue weighted by Gasteiger charge is -1.99. The van der Waals surface area contributed by atoms with Crippen molar-refractivity contribution < 1.29 is 4.39 Å². The van der Waals surface area contributed by atoms with Crippen LogP contribution in [0.1, 0.15) is 17.9 Å². The molecule has 0 aromatic heterocycles. The van der Waals surface area contributed by atoms with Gasteiger partial charge in [0, 0.05) is 16.4 Å². The number of hydrogen-bond donors (Lipinski definition) is 1. The van der Waals surface area contributed by atoms with Crippen molar-refractivity contribution in [2.24, 2.45) is 5.73 Å². The van der Waals surface area contributed by atoms with E-state index in [0.717, 1.165) is 16.5 Å². The van der Waals surface area contributed by atoms with Crippen LogP contribution in [0.2, 0.25) is 0 Å². The van der Waals surface area contributed by atoms with Crippen LogP contribution in [0.4, 0.5) is 4.39 Å². The predicted molar refractivity (Wildman–Crippen MR) is 49.4 cm³/mol. The second-order valence-corrected chi connectivity index (χ2v) is 4.12. The average molecular weight is 230 g/mol. The maximum Gasteiger partial charge on any atom is 0.124 e. The van der Waals surface area contributed by atoms with E-state index in [4.69, 9.17) is 5.73 Å². The summed E-state index contributed by atoms with van der Waals surface area (Å²) >= 11 is 3.25. The van der Waals surface area contributed by atoms with Crippen molar-refractivity contribution in [3.63, 3.8) is 0 Å². The fraction of sp³-hybridized carbons (Fsp3) is 0.333. The SMILES string of the molecule is NC1CC1c1cc(F)cc(Br)c1. The van der Waals surface area contributed by atoms with Crippen molar-refractivity contribution in [1.82, 2.24) is 0 Å². The molecule has 1 aliphatic carbocycles. The Morgan fingerprint density at radius 1 is 1.42 bits per heavy atom. The predicted octanol–water partition coefficient (Wildman–Crippen LogP) is 2.40. The molecule has 0 saturated heterocycles. The Balaban J connectivity index is 2.32. The van der Waals surface area contributed by atoms with Gasteiger partial charge < -0.3 is 5.73 Å². The van der Waals surface area contributed by atoms with Crippen LogP contribution in [0.3, 0.4) is 0 Å². The minimum absolute atomic E-state index is 0.196. The highest BCUT2D eigenvalue weighted by Gasteiger charge is 2.35. The average Bonchev–Trinajstić information content (AvgIpc) is 2.64. The molecule has 2 unspecified atom stereocenters. The third kappa shape index (κ3) is 1.52. The summed E-state index contributed by atoms with van der Waals surface area (Å²) in [5.41, 5.74) is 6.67. The van der Waals surface area contributed by atoms with Gasteiger partial charge in [0.15, 0.2) is 0 Å². The third-order valence-electron chi connectivity index (χ3n) is 2.15. The molecule has 1 fully saturated rings. The second kappa shape index (κ2) is 2.82. The first-order valence-corrected chi connectivity index (χ1v) is 4.67. The van der Waals surface area contributed by atoms with Gasteiger partial charge in [0.05, 0.1) is 0 Å². The first-order valence-electron chi connectivity index (χ1n) is 3.88. The maximum atomic E-state index is 12.9. The third-order valence-corrected chi connectivity index (χ3v) is 2.61. The molecular weight excluding hydrogens is 221 g/mol. The minimum Gasteiger partial charge on any atom is -0.327 e. The van der Waals surface area contributed by atoms with Gasteiger partial charge in [-0.15, -0.1) is 0 Å². The highest BCUT2D eigenvalue weighted by atomic mass is 79.9. The molecule has 1 aromatic carbocycles. The zero-order valence-corrected chi connectivity index (χ0v) is 8.01. The van der Waals surface area contributed by atoms with E-state index in [2.05, 4.69) is 15.9 Å². The standard InChI is InChI=1S/C9H9BrFN/c10-6-1-5(2-7(11)3-6)8-4-9(8)12/h1-3,8-9H,4,12H2. The molecule has 2 atom stereocenters. The molecule has 1 aromatic rings. The van der Waals surface area contributed by atoms with Crippen molar-refractivity contribution >= 4 is 15.9 Å². The molecule has 0 bridgehead atoms. The summed E-state index contributed by atoms with van der Waals surface area (Å²) in [5.74, 6) is 0.176. The first kappa shape index (κ1) is 8.20. The van der Waals surface area contributed by atoms with Crippen molar-refractivity contribution in [1.29, 1.82) is 0 Å². The molecule has 0 amide bonds. The molecule has 1 aliphatic rings. The Hall–Kier alpha value is -0.410. The number of nitrogens with two attached hydrogens (primary N) is 1. The number of hydrogen-bond acceptors (Lipinski definition) is 1. The maximum absolute atomic E-state index is 12.9. The number of benzene rings is 1. The summed E-state index contributed by atoms with van der Waals surface area (Å²) in [6.07, 6.45) is 0.982. The van der Waals surface area contributed by atoms with Crippen LogP contribution in [0, 0.1) is 5.82 Å². The molecule has 0 aliphatic heterocycles. The van der Waals surface area contributed by atoms with E-state index in [-0.39, 0.29) is 11.9 Å². The van der Waals surface area contributed by atoms with E-state index in [0.29, 0.717) is 5.92 Å². The summed E-state index contributed by atoms with van der Waals surface area (Å²) in [4.78, 5) is 0. The van der Waals surface area contributed by atoms with Gasteiger partial charge in [-0.1, -0.05) is 15.9 Å². The molecule has 0 heterocycles. The van der Waals surface area contributed by atoms with E-state index in [1.165, 1.54) is 6.07 Å². The van der Waals surface area contributed by atoms with Gasteiger partial charge in [-0.05, 0) is 30.2 Å². The van der Waals surface area contributed by atoms with Gasteiger partial charge in [0.2, 0.25) is 0 Å². The van der Waals surface area contributed by atoms with Crippen LogP contribution < -0.4 is 5.73 Å². The van der Waals surface area contributed by atoms with Crippen LogP contribution in [0.5, 0.6) is 0 Å². The first-order chi connectivity index (χ1) is 5.66. The van der Waals surface area contributed by atoms with Gasteiger partial charge in [-0.2, -0.15) is 0 Å². The monoisotopic (exact) mass is 229 g/mol. The van der Waals surface area contributed by atoms with Crippen molar-refractivity contribution in [2.45, 2.75) is 18.4 Å². The van der Waals surface area contributed by atoms with E-state index in [1.807, 2.05) is 6.07 Å². The molecular formula is C9H9BrFN. The van der Waals surface area contributed by atoms with Crippen molar-refractivity contribution in [3.05, 3.63) is 34.1 Å². The lowest BCUT2D eigenvalue weighted by molar-refractivity contribution is 0.624. The van der Waals surface area contributed by atoms with Crippen LogP contribution in [0.25, 0.3) is 0 Å². The molecule has 2 N–H and O–H groups in total. The minimum atomic E-state index is -0.196. The molecule has 1 nitrogen and oxygen atoms in total. The summed E-state index contributed by atoms with van der Waals surface area (Å²) < 4.78 is 13.7. The van der Waals surface area contributed by atoms with Crippen LogP contribution >= 0.6 is 15.9 Å². The van der Waals surface area contributed by atoms with Crippen molar-refractivity contribution in [3.8, 4) is 0 Å². The van der Waals surface area contributed by atoms with E-state index >= 15 is 0 Å². The number of rotatable bonds is 1.